The third-order valence-electron chi connectivity index (χ3n) is 3.69. The van der Waals surface area contributed by atoms with Crippen LogP contribution in [0.2, 0.25) is 0 Å². The lowest BCUT2D eigenvalue weighted by Gasteiger charge is -2.14. The molecular formula is C16H22N2O2. The van der Waals surface area contributed by atoms with Gasteiger partial charge in [-0.2, -0.15) is 0 Å². The van der Waals surface area contributed by atoms with Gasteiger partial charge in [-0.05, 0) is 38.9 Å². The number of furan rings is 2. The van der Waals surface area contributed by atoms with Crippen LogP contribution in [0.15, 0.2) is 33.5 Å². The first-order valence-electron chi connectivity index (χ1n) is 7.22. The van der Waals surface area contributed by atoms with E-state index in [1.807, 2.05) is 13.0 Å². The minimum atomic E-state index is 0.715. The smallest absolute Gasteiger partial charge is 0.118 e. The van der Waals surface area contributed by atoms with E-state index in [2.05, 4.69) is 23.3 Å². The van der Waals surface area contributed by atoms with E-state index in [0.717, 1.165) is 31.2 Å². The van der Waals surface area contributed by atoms with E-state index in [4.69, 9.17) is 8.83 Å². The molecular weight excluding hydrogens is 252 g/mol. The van der Waals surface area contributed by atoms with Gasteiger partial charge in [0.25, 0.3) is 0 Å². The van der Waals surface area contributed by atoms with Crippen LogP contribution >= 0.6 is 0 Å². The summed E-state index contributed by atoms with van der Waals surface area (Å²) in [5.74, 6) is 2.07. The molecule has 1 aliphatic carbocycles. The summed E-state index contributed by atoms with van der Waals surface area (Å²) < 4.78 is 10.9. The maximum atomic E-state index is 5.82. The maximum Gasteiger partial charge on any atom is 0.118 e. The molecule has 1 fully saturated rings. The third-order valence-corrected chi connectivity index (χ3v) is 3.69. The summed E-state index contributed by atoms with van der Waals surface area (Å²) in [7, 11) is 2.11. The number of nitrogens with one attached hydrogen (secondary N) is 1. The highest BCUT2D eigenvalue weighted by atomic mass is 16.3. The maximum absolute atomic E-state index is 5.82. The summed E-state index contributed by atoms with van der Waals surface area (Å²) in [6.45, 7) is 4.67. The largest absolute Gasteiger partial charge is 0.472 e. The molecule has 20 heavy (non-hydrogen) atoms. The van der Waals surface area contributed by atoms with Gasteiger partial charge in [-0.3, -0.25) is 4.90 Å². The lowest BCUT2D eigenvalue weighted by atomic mass is 10.2. The molecule has 4 heteroatoms. The number of aryl methyl sites for hydroxylation is 1. The minimum Gasteiger partial charge on any atom is -0.472 e. The Morgan fingerprint density at radius 3 is 2.90 bits per heavy atom. The lowest BCUT2D eigenvalue weighted by molar-refractivity contribution is 0.315. The molecule has 1 N–H and O–H groups in total. The Hall–Kier alpha value is -1.52. The molecule has 2 aromatic heterocycles. The second-order valence-electron chi connectivity index (χ2n) is 5.75. The summed E-state index contributed by atoms with van der Waals surface area (Å²) >= 11 is 0. The average Bonchev–Trinajstić information content (AvgIpc) is 2.99. The van der Waals surface area contributed by atoms with Crippen molar-refractivity contribution in [2.75, 3.05) is 7.05 Å². The van der Waals surface area contributed by atoms with Crippen LogP contribution in [0.5, 0.6) is 0 Å². The highest BCUT2D eigenvalue weighted by Gasteiger charge is 2.21. The molecule has 0 aliphatic heterocycles. The van der Waals surface area contributed by atoms with Gasteiger partial charge in [0.1, 0.15) is 11.5 Å². The van der Waals surface area contributed by atoms with Gasteiger partial charge in [-0.25, -0.2) is 0 Å². The van der Waals surface area contributed by atoms with Crippen LogP contribution in [-0.2, 0) is 19.6 Å². The predicted molar refractivity (Wildman–Crippen MR) is 77.2 cm³/mol. The molecule has 1 aliphatic rings. The van der Waals surface area contributed by atoms with E-state index in [0.29, 0.717) is 6.04 Å². The van der Waals surface area contributed by atoms with E-state index < -0.39 is 0 Å². The van der Waals surface area contributed by atoms with Crippen molar-refractivity contribution >= 4 is 0 Å². The van der Waals surface area contributed by atoms with Crippen molar-refractivity contribution in [2.24, 2.45) is 0 Å². The molecule has 0 atom stereocenters. The van der Waals surface area contributed by atoms with Gasteiger partial charge < -0.3 is 14.2 Å². The number of rotatable bonds is 7. The first-order chi connectivity index (χ1) is 9.70. The topological polar surface area (TPSA) is 41.6 Å². The number of hydrogen-bond acceptors (Lipinski definition) is 4. The Morgan fingerprint density at radius 2 is 2.20 bits per heavy atom. The van der Waals surface area contributed by atoms with Gasteiger partial charge >= 0.3 is 0 Å². The van der Waals surface area contributed by atoms with Crippen molar-refractivity contribution < 1.29 is 8.83 Å². The van der Waals surface area contributed by atoms with Crippen LogP contribution in [0.4, 0.5) is 0 Å². The molecule has 0 spiro atoms. The van der Waals surface area contributed by atoms with E-state index >= 15 is 0 Å². The molecule has 108 valence electrons. The summed E-state index contributed by atoms with van der Waals surface area (Å²) in [5.41, 5.74) is 2.47. The van der Waals surface area contributed by atoms with Gasteiger partial charge in [-0.1, -0.05) is 0 Å². The van der Waals surface area contributed by atoms with Crippen LogP contribution in [0, 0.1) is 6.92 Å². The molecule has 2 aromatic rings. The van der Waals surface area contributed by atoms with Crippen molar-refractivity contribution in [3.8, 4) is 0 Å². The van der Waals surface area contributed by atoms with E-state index in [1.165, 1.54) is 24.0 Å². The SMILES string of the molecule is Cc1oc(CNC2CC2)cc1CN(C)Cc1ccoc1. The molecule has 0 amide bonds. The zero-order valence-corrected chi connectivity index (χ0v) is 12.2. The molecule has 2 heterocycles. The van der Waals surface area contributed by atoms with E-state index in [9.17, 15) is 0 Å². The molecule has 0 aromatic carbocycles. The molecule has 0 saturated heterocycles. The van der Waals surface area contributed by atoms with Gasteiger partial charge in [-0.15, -0.1) is 0 Å². The Bertz CT molecular complexity index is 541. The quantitative estimate of drug-likeness (QED) is 0.842. The molecule has 0 bridgehead atoms. The second kappa shape index (κ2) is 5.85. The van der Waals surface area contributed by atoms with Crippen LogP contribution in [-0.4, -0.2) is 18.0 Å². The monoisotopic (exact) mass is 274 g/mol. The molecule has 0 radical (unpaired) electrons. The van der Waals surface area contributed by atoms with Crippen molar-refractivity contribution in [3.63, 3.8) is 0 Å². The fraction of sp³-hybridized carbons (Fsp3) is 0.500. The highest BCUT2D eigenvalue weighted by molar-refractivity contribution is 5.21. The number of hydrogen-bond donors (Lipinski definition) is 1. The predicted octanol–water partition coefficient (Wildman–Crippen LogP) is 3.07. The van der Waals surface area contributed by atoms with Crippen LogP contribution in [0.25, 0.3) is 0 Å². The van der Waals surface area contributed by atoms with Crippen LogP contribution in [0.3, 0.4) is 0 Å². The van der Waals surface area contributed by atoms with Crippen molar-refractivity contribution in [2.45, 2.75) is 45.4 Å². The average molecular weight is 274 g/mol. The highest BCUT2D eigenvalue weighted by Crippen LogP contribution is 2.21. The first kappa shape index (κ1) is 13.5. The van der Waals surface area contributed by atoms with Crippen LogP contribution < -0.4 is 5.32 Å². The third kappa shape index (κ3) is 3.52. The van der Waals surface area contributed by atoms with Crippen molar-refractivity contribution in [1.29, 1.82) is 0 Å². The zero-order valence-electron chi connectivity index (χ0n) is 12.2. The summed E-state index contributed by atoms with van der Waals surface area (Å²) in [6.07, 6.45) is 6.12. The van der Waals surface area contributed by atoms with Gasteiger partial charge in [0.2, 0.25) is 0 Å². The van der Waals surface area contributed by atoms with Crippen molar-refractivity contribution in [3.05, 3.63) is 47.3 Å². The fourth-order valence-electron chi connectivity index (χ4n) is 2.41. The van der Waals surface area contributed by atoms with E-state index in [1.54, 1.807) is 12.5 Å². The summed E-state index contributed by atoms with van der Waals surface area (Å²) in [5, 5.41) is 3.48. The Kier molecular flexibility index (Phi) is 3.94. The normalized spacial score (nSPS) is 15.2. The Labute approximate surface area is 119 Å². The van der Waals surface area contributed by atoms with Crippen molar-refractivity contribution in [1.82, 2.24) is 10.2 Å². The number of nitrogens with zero attached hydrogens (tertiary/aromatic N) is 1. The molecule has 0 unspecified atom stereocenters. The lowest BCUT2D eigenvalue weighted by Crippen LogP contribution is -2.17. The molecule has 3 rings (SSSR count). The van der Waals surface area contributed by atoms with Gasteiger partial charge in [0.05, 0.1) is 19.1 Å². The summed E-state index contributed by atoms with van der Waals surface area (Å²) in [4.78, 5) is 2.26. The second-order valence-corrected chi connectivity index (χ2v) is 5.75. The first-order valence-corrected chi connectivity index (χ1v) is 7.22. The molecule has 1 saturated carbocycles. The van der Waals surface area contributed by atoms with Gasteiger partial charge in [0, 0.05) is 30.3 Å². The van der Waals surface area contributed by atoms with Gasteiger partial charge in [0.15, 0.2) is 0 Å². The summed E-state index contributed by atoms with van der Waals surface area (Å²) in [6, 6.07) is 4.90. The van der Waals surface area contributed by atoms with Crippen LogP contribution in [0.1, 0.15) is 35.5 Å². The fourth-order valence-corrected chi connectivity index (χ4v) is 2.41. The minimum absolute atomic E-state index is 0.715. The standard InChI is InChI=1S/C16H22N2O2/c1-12-14(7-16(20-12)8-17-15-3-4-15)10-18(2)9-13-5-6-19-11-13/h5-7,11,15,17H,3-4,8-10H2,1-2H3. The Morgan fingerprint density at radius 1 is 1.35 bits per heavy atom. The Balaban J connectivity index is 1.55. The molecule has 4 nitrogen and oxygen atoms in total. The zero-order chi connectivity index (χ0) is 13.9. The van der Waals surface area contributed by atoms with E-state index in [-0.39, 0.29) is 0 Å².